The molecular formula is C14H26IN5O2S2. The number of aryl methyl sites for hydroxylation is 2. The average Bonchev–Trinajstić information content (AvgIpc) is 2.98. The molecule has 0 aromatic carbocycles. The van der Waals surface area contributed by atoms with Crippen LogP contribution in [0.15, 0.2) is 4.99 Å². The maximum Gasteiger partial charge on any atom is 0.214 e. The van der Waals surface area contributed by atoms with E-state index >= 15 is 0 Å². The number of guanidine groups is 1. The highest BCUT2D eigenvalue weighted by Crippen LogP contribution is 2.17. The summed E-state index contributed by atoms with van der Waals surface area (Å²) in [6, 6.07) is 0. The Hall–Kier alpha value is -0.460. The van der Waals surface area contributed by atoms with E-state index in [1.54, 1.807) is 15.6 Å². The molecule has 24 heavy (non-hydrogen) atoms. The van der Waals surface area contributed by atoms with Crippen LogP contribution in [0.3, 0.4) is 0 Å². The summed E-state index contributed by atoms with van der Waals surface area (Å²) in [6.45, 7) is 8.97. The minimum absolute atomic E-state index is 0. The molecule has 0 atom stereocenters. The third kappa shape index (κ3) is 6.12. The molecule has 0 radical (unpaired) electrons. The number of halogens is 1. The van der Waals surface area contributed by atoms with Gasteiger partial charge in [0.2, 0.25) is 10.0 Å². The van der Waals surface area contributed by atoms with Crippen LogP contribution in [-0.2, 0) is 16.6 Å². The SMILES string of the molecule is CCNC(=NCc1sc(C)nc1C)NCCN1CCCS1(=O)=O.I. The number of rotatable bonds is 6. The first kappa shape index (κ1) is 21.6. The van der Waals surface area contributed by atoms with Crippen molar-refractivity contribution in [2.45, 2.75) is 33.7 Å². The largest absolute Gasteiger partial charge is 0.357 e. The molecular weight excluding hydrogens is 461 g/mol. The van der Waals surface area contributed by atoms with Crippen LogP contribution in [-0.4, -0.2) is 55.6 Å². The van der Waals surface area contributed by atoms with E-state index in [-0.39, 0.29) is 29.7 Å². The number of aromatic nitrogens is 1. The lowest BCUT2D eigenvalue weighted by Crippen LogP contribution is -2.42. The number of sulfonamides is 1. The second-order valence-corrected chi connectivity index (χ2v) is 8.81. The molecule has 1 aliphatic heterocycles. The van der Waals surface area contributed by atoms with Gasteiger partial charge < -0.3 is 10.6 Å². The summed E-state index contributed by atoms with van der Waals surface area (Å²) < 4.78 is 25.1. The van der Waals surface area contributed by atoms with E-state index in [0.29, 0.717) is 32.1 Å². The van der Waals surface area contributed by atoms with Crippen LogP contribution >= 0.6 is 35.3 Å². The van der Waals surface area contributed by atoms with Gasteiger partial charge in [-0.1, -0.05) is 0 Å². The quantitative estimate of drug-likeness (QED) is 0.361. The maximum atomic E-state index is 11.8. The van der Waals surface area contributed by atoms with Gasteiger partial charge in [0, 0.05) is 31.1 Å². The summed E-state index contributed by atoms with van der Waals surface area (Å²) >= 11 is 1.66. The number of aliphatic imine (C=N–C) groups is 1. The molecule has 2 rings (SSSR count). The minimum atomic E-state index is -3.03. The molecule has 0 saturated carbocycles. The summed E-state index contributed by atoms with van der Waals surface area (Å²) in [5.41, 5.74) is 1.02. The molecule has 7 nitrogen and oxygen atoms in total. The van der Waals surface area contributed by atoms with Crippen molar-refractivity contribution in [2.24, 2.45) is 4.99 Å². The van der Waals surface area contributed by atoms with Gasteiger partial charge in [-0.05, 0) is 27.2 Å². The molecule has 2 heterocycles. The zero-order chi connectivity index (χ0) is 16.9. The van der Waals surface area contributed by atoms with Crippen LogP contribution in [0, 0.1) is 13.8 Å². The van der Waals surface area contributed by atoms with Crippen molar-refractivity contribution in [1.29, 1.82) is 0 Å². The average molecular weight is 487 g/mol. The molecule has 1 aromatic rings. The van der Waals surface area contributed by atoms with E-state index in [0.717, 1.165) is 28.5 Å². The molecule has 138 valence electrons. The monoisotopic (exact) mass is 487 g/mol. The van der Waals surface area contributed by atoms with Crippen molar-refractivity contribution in [3.8, 4) is 0 Å². The number of hydrogen-bond acceptors (Lipinski definition) is 5. The van der Waals surface area contributed by atoms with Crippen molar-refractivity contribution in [3.05, 3.63) is 15.6 Å². The Bertz CT molecular complexity index is 660. The Labute approximate surface area is 165 Å². The first-order valence-electron chi connectivity index (χ1n) is 7.85. The lowest BCUT2D eigenvalue weighted by Gasteiger charge is -2.16. The Kier molecular flexibility index (Phi) is 8.88. The summed E-state index contributed by atoms with van der Waals surface area (Å²) in [4.78, 5) is 10.1. The van der Waals surface area contributed by atoms with E-state index in [1.807, 2.05) is 20.8 Å². The van der Waals surface area contributed by atoms with Gasteiger partial charge in [0.15, 0.2) is 5.96 Å². The fourth-order valence-corrected chi connectivity index (χ4v) is 4.84. The third-order valence-electron chi connectivity index (χ3n) is 3.58. The standard InChI is InChI=1S/C14H25N5O2S2.HI/c1-4-15-14(17-10-13-11(2)18-12(3)22-13)16-6-8-19-7-5-9-23(19,20)21;/h4-10H2,1-3H3,(H2,15,16,17);1H. The second kappa shape index (κ2) is 9.88. The summed E-state index contributed by atoms with van der Waals surface area (Å²) in [5.74, 6) is 0.972. The van der Waals surface area contributed by atoms with Crippen LogP contribution in [0.2, 0.25) is 0 Å². The Morgan fingerprint density at radius 1 is 1.38 bits per heavy atom. The molecule has 0 aliphatic carbocycles. The van der Waals surface area contributed by atoms with E-state index < -0.39 is 10.0 Å². The van der Waals surface area contributed by atoms with Gasteiger partial charge in [0.25, 0.3) is 0 Å². The third-order valence-corrected chi connectivity index (χ3v) is 6.60. The molecule has 0 amide bonds. The first-order valence-corrected chi connectivity index (χ1v) is 10.3. The molecule has 0 bridgehead atoms. The van der Waals surface area contributed by atoms with Crippen LogP contribution in [0.1, 0.15) is 28.9 Å². The number of nitrogens with one attached hydrogen (secondary N) is 2. The number of hydrogen-bond donors (Lipinski definition) is 2. The van der Waals surface area contributed by atoms with Crippen LogP contribution < -0.4 is 10.6 Å². The fraction of sp³-hybridized carbons (Fsp3) is 0.714. The van der Waals surface area contributed by atoms with E-state index in [1.165, 1.54) is 0 Å². The Balaban J connectivity index is 0.00000288. The Morgan fingerprint density at radius 3 is 2.67 bits per heavy atom. The van der Waals surface area contributed by atoms with Gasteiger partial charge in [0.1, 0.15) is 0 Å². The van der Waals surface area contributed by atoms with Crippen molar-refractivity contribution in [2.75, 3.05) is 31.9 Å². The topological polar surface area (TPSA) is 86.7 Å². The molecule has 0 spiro atoms. The predicted molar refractivity (Wildman–Crippen MR) is 110 cm³/mol. The number of nitrogens with zero attached hydrogens (tertiary/aromatic N) is 3. The van der Waals surface area contributed by atoms with E-state index in [4.69, 9.17) is 0 Å². The molecule has 2 N–H and O–H groups in total. The normalized spacial score (nSPS) is 17.5. The van der Waals surface area contributed by atoms with Crippen LogP contribution in [0.25, 0.3) is 0 Å². The van der Waals surface area contributed by atoms with Gasteiger partial charge in [0.05, 0.1) is 23.0 Å². The van der Waals surface area contributed by atoms with E-state index in [9.17, 15) is 8.42 Å². The molecule has 0 unspecified atom stereocenters. The van der Waals surface area contributed by atoms with Gasteiger partial charge >= 0.3 is 0 Å². The fourth-order valence-electron chi connectivity index (χ4n) is 2.45. The first-order chi connectivity index (χ1) is 10.9. The molecule has 1 aliphatic rings. The molecule has 1 aromatic heterocycles. The lowest BCUT2D eigenvalue weighted by atomic mass is 10.4. The molecule has 1 fully saturated rings. The summed E-state index contributed by atoms with van der Waals surface area (Å²) in [5, 5.41) is 7.43. The minimum Gasteiger partial charge on any atom is -0.357 e. The summed E-state index contributed by atoms with van der Waals surface area (Å²) in [7, 11) is -3.03. The summed E-state index contributed by atoms with van der Waals surface area (Å²) in [6.07, 6.45) is 0.723. The van der Waals surface area contributed by atoms with Crippen molar-refractivity contribution < 1.29 is 8.42 Å². The van der Waals surface area contributed by atoms with Crippen molar-refractivity contribution >= 4 is 51.3 Å². The van der Waals surface area contributed by atoms with Crippen molar-refractivity contribution in [3.63, 3.8) is 0 Å². The molecule has 10 heteroatoms. The van der Waals surface area contributed by atoms with Crippen molar-refractivity contribution in [1.82, 2.24) is 19.9 Å². The van der Waals surface area contributed by atoms with Gasteiger partial charge in [-0.25, -0.2) is 22.7 Å². The van der Waals surface area contributed by atoms with Gasteiger partial charge in [-0.3, -0.25) is 0 Å². The highest BCUT2D eigenvalue weighted by atomic mass is 127. The maximum absolute atomic E-state index is 11.8. The highest BCUT2D eigenvalue weighted by Gasteiger charge is 2.27. The predicted octanol–water partition coefficient (Wildman–Crippen LogP) is 1.47. The number of thiazole rings is 1. The highest BCUT2D eigenvalue weighted by molar-refractivity contribution is 14.0. The van der Waals surface area contributed by atoms with E-state index in [2.05, 4.69) is 20.6 Å². The second-order valence-electron chi connectivity index (χ2n) is 5.43. The van der Waals surface area contributed by atoms with Crippen LogP contribution in [0.5, 0.6) is 0 Å². The molecule has 1 saturated heterocycles. The zero-order valence-electron chi connectivity index (χ0n) is 14.3. The van der Waals surface area contributed by atoms with Crippen LogP contribution in [0.4, 0.5) is 0 Å². The lowest BCUT2D eigenvalue weighted by molar-refractivity contribution is 0.445. The zero-order valence-corrected chi connectivity index (χ0v) is 18.3. The van der Waals surface area contributed by atoms with Gasteiger partial charge in [-0.15, -0.1) is 35.3 Å². The smallest absolute Gasteiger partial charge is 0.214 e. The van der Waals surface area contributed by atoms with Gasteiger partial charge in [-0.2, -0.15) is 0 Å². The Morgan fingerprint density at radius 2 is 2.12 bits per heavy atom.